The second-order valence-electron chi connectivity index (χ2n) is 4.21. The van der Waals surface area contributed by atoms with Gasteiger partial charge in [0.1, 0.15) is 5.82 Å². The van der Waals surface area contributed by atoms with Crippen LogP contribution >= 0.6 is 11.6 Å². The lowest BCUT2D eigenvalue weighted by Gasteiger charge is -2.13. The summed E-state index contributed by atoms with van der Waals surface area (Å²) in [6, 6.07) is 3.40. The second kappa shape index (κ2) is 5.01. The van der Waals surface area contributed by atoms with Gasteiger partial charge in [-0.1, -0.05) is 18.5 Å². The number of nitrogens with two attached hydrogens (primary N) is 1. The fraction of sp³-hybridized carbons (Fsp3) is 0.308. The number of ether oxygens (including phenoxy) is 1. The van der Waals surface area contributed by atoms with Gasteiger partial charge in [0.2, 0.25) is 0 Å². The summed E-state index contributed by atoms with van der Waals surface area (Å²) in [5.74, 6) is 0.842. The lowest BCUT2D eigenvalue weighted by atomic mass is 10.0. The van der Waals surface area contributed by atoms with E-state index in [1.807, 2.05) is 6.92 Å². The van der Waals surface area contributed by atoms with E-state index in [4.69, 9.17) is 22.1 Å². The number of halogens is 1. The molecular formula is C13H16ClN3O2. The SMILES string of the molecule is CCc1cc(OC)c(O)c(-c2cc(N)n(C)n2)c1Cl. The van der Waals surface area contributed by atoms with Gasteiger partial charge in [-0.25, -0.2) is 0 Å². The molecule has 102 valence electrons. The van der Waals surface area contributed by atoms with Crippen molar-refractivity contribution in [2.45, 2.75) is 13.3 Å². The van der Waals surface area contributed by atoms with E-state index in [2.05, 4.69) is 5.10 Å². The summed E-state index contributed by atoms with van der Waals surface area (Å²) < 4.78 is 6.69. The highest BCUT2D eigenvalue weighted by atomic mass is 35.5. The molecule has 1 aromatic carbocycles. The zero-order valence-corrected chi connectivity index (χ0v) is 11.8. The molecule has 0 spiro atoms. The lowest BCUT2D eigenvalue weighted by molar-refractivity contribution is 0.374. The highest BCUT2D eigenvalue weighted by molar-refractivity contribution is 6.34. The fourth-order valence-electron chi connectivity index (χ4n) is 1.93. The molecule has 6 heteroatoms. The molecule has 0 fully saturated rings. The van der Waals surface area contributed by atoms with Gasteiger partial charge in [-0.15, -0.1) is 0 Å². The number of phenolic OH excluding ortho intramolecular Hbond substituents is 1. The van der Waals surface area contributed by atoms with E-state index in [0.29, 0.717) is 27.8 Å². The second-order valence-corrected chi connectivity index (χ2v) is 4.59. The Labute approximate surface area is 116 Å². The Morgan fingerprint density at radius 1 is 1.47 bits per heavy atom. The molecule has 0 bridgehead atoms. The van der Waals surface area contributed by atoms with Gasteiger partial charge >= 0.3 is 0 Å². The highest BCUT2D eigenvalue weighted by Gasteiger charge is 2.20. The van der Waals surface area contributed by atoms with Gasteiger partial charge < -0.3 is 15.6 Å². The number of nitrogens with zero attached hydrogens (tertiary/aromatic N) is 2. The third-order valence-electron chi connectivity index (χ3n) is 3.05. The monoisotopic (exact) mass is 281 g/mol. The van der Waals surface area contributed by atoms with Crippen LogP contribution in [0.2, 0.25) is 5.02 Å². The maximum atomic E-state index is 10.2. The molecule has 2 rings (SSSR count). The summed E-state index contributed by atoms with van der Waals surface area (Å²) in [4.78, 5) is 0. The van der Waals surface area contributed by atoms with Crippen LogP contribution in [0.1, 0.15) is 12.5 Å². The Kier molecular flexibility index (Phi) is 3.57. The number of benzene rings is 1. The minimum Gasteiger partial charge on any atom is -0.504 e. The summed E-state index contributed by atoms with van der Waals surface area (Å²) in [6.45, 7) is 1.98. The Hall–Kier alpha value is -1.88. The smallest absolute Gasteiger partial charge is 0.168 e. The van der Waals surface area contributed by atoms with E-state index in [-0.39, 0.29) is 5.75 Å². The Morgan fingerprint density at radius 3 is 2.63 bits per heavy atom. The maximum Gasteiger partial charge on any atom is 0.168 e. The molecule has 3 N–H and O–H groups in total. The number of hydrogen-bond acceptors (Lipinski definition) is 4. The van der Waals surface area contributed by atoms with Crippen LogP contribution in [-0.2, 0) is 13.5 Å². The number of nitrogen functional groups attached to an aromatic ring is 1. The fourth-order valence-corrected chi connectivity index (χ4v) is 2.30. The molecule has 0 unspecified atom stereocenters. The van der Waals surface area contributed by atoms with Gasteiger partial charge in [0.25, 0.3) is 0 Å². The molecule has 0 saturated heterocycles. The molecule has 0 saturated carbocycles. The summed E-state index contributed by atoms with van der Waals surface area (Å²) in [7, 11) is 3.23. The van der Waals surface area contributed by atoms with Crippen molar-refractivity contribution in [2.24, 2.45) is 7.05 Å². The first kappa shape index (κ1) is 13.5. The number of aryl methyl sites for hydroxylation is 2. The van der Waals surface area contributed by atoms with Crippen molar-refractivity contribution in [3.05, 3.63) is 22.7 Å². The third-order valence-corrected chi connectivity index (χ3v) is 3.48. The van der Waals surface area contributed by atoms with Gasteiger partial charge in [0, 0.05) is 13.1 Å². The molecule has 19 heavy (non-hydrogen) atoms. The van der Waals surface area contributed by atoms with Crippen LogP contribution in [0.3, 0.4) is 0 Å². The molecule has 5 nitrogen and oxygen atoms in total. The number of anilines is 1. The van der Waals surface area contributed by atoms with E-state index in [9.17, 15) is 5.11 Å². The van der Waals surface area contributed by atoms with Crippen LogP contribution in [0.4, 0.5) is 5.82 Å². The Bertz CT molecular complexity index is 575. The lowest BCUT2D eigenvalue weighted by Crippen LogP contribution is -1.97. The van der Waals surface area contributed by atoms with Gasteiger partial charge in [-0.2, -0.15) is 5.10 Å². The first-order chi connectivity index (χ1) is 8.99. The molecule has 0 atom stereocenters. The Balaban J connectivity index is 2.73. The van der Waals surface area contributed by atoms with Crippen LogP contribution < -0.4 is 10.5 Å². The number of methoxy groups -OCH3 is 1. The number of aromatic nitrogens is 2. The molecule has 0 aliphatic rings. The van der Waals surface area contributed by atoms with Crippen molar-refractivity contribution < 1.29 is 9.84 Å². The van der Waals surface area contributed by atoms with E-state index < -0.39 is 0 Å². The standard InChI is InChI=1S/C13H16ClN3O2/c1-4-7-5-9(19-3)13(18)11(12(7)14)8-6-10(15)17(2)16-8/h5-6,18H,4,15H2,1-3H3. The first-order valence-corrected chi connectivity index (χ1v) is 6.25. The van der Waals surface area contributed by atoms with Crippen molar-refractivity contribution in [3.8, 4) is 22.8 Å². The van der Waals surface area contributed by atoms with Crippen LogP contribution in [0.5, 0.6) is 11.5 Å². The predicted octanol–water partition coefficient (Wildman–Crippen LogP) is 2.60. The van der Waals surface area contributed by atoms with Gasteiger partial charge in [-0.3, -0.25) is 4.68 Å². The first-order valence-electron chi connectivity index (χ1n) is 5.87. The van der Waals surface area contributed by atoms with Crippen molar-refractivity contribution in [1.29, 1.82) is 0 Å². The van der Waals surface area contributed by atoms with Gasteiger partial charge in [0.15, 0.2) is 11.5 Å². The van der Waals surface area contributed by atoms with E-state index >= 15 is 0 Å². The highest BCUT2D eigenvalue weighted by Crippen LogP contribution is 2.44. The normalized spacial score (nSPS) is 10.7. The Morgan fingerprint density at radius 2 is 2.16 bits per heavy atom. The summed E-state index contributed by atoms with van der Waals surface area (Å²) in [6.07, 6.45) is 0.727. The van der Waals surface area contributed by atoms with Crippen molar-refractivity contribution in [1.82, 2.24) is 9.78 Å². The molecule has 2 aromatic rings. The largest absolute Gasteiger partial charge is 0.504 e. The van der Waals surface area contributed by atoms with Crippen LogP contribution in [0.25, 0.3) is 11.3 Å². The van der Waals surface area contributed by atoms with Crippen molar-refractivity contribution in [3.63, 3.8) is 0 Å². The van der Waals surface area contributed by atoms with Crippen LogP contribution in [0, 0.1) is 0 Å². The topological polar surface area (TPSA) is 73.3 Å². The minimum absolute atomic E-state index is 0.0252. The third kappa shape index (κ3) is 2.21. The molecule has 1 heterocycles. The van der Waals surface area contributed by atoms with Gasteiger partial charge in [-0.05, 0) is 18.1 Å². The molecule has 1 aromatic heterocycles. The van der Waals surface area contributed by atoms with E-state index in [1.165, 1.54) is 11.8 Å². The molecule has 0 aliphatic carbocycles. The summed E-state index contributed by atoms with van der Waals surface area (Å²) in [5.41, 5.74) is 7.62. The number of phenols is 1. The zero-order valence-electron chi connectivity index (χ0n) is 11.1. The van der Waals surface area contributed by atoms with Gasteiger partial charge in [0.05, 0.1) is 23.4 Å². The molecule has 0 aliphatic heterocycles. The average molecular weight is 282 g/mol. The van der Waals surface area contributed by atoms with Crippen LogP contribution in [-0.4, -0.2) is 22.0 Å². The van der Waals surface area contributed by atoms with E-state index in [1.54, 1.807) is 19.2 Å². The summed E-state index contributed by atoms with van der Waals surface area (Å²) >= 11 is 6.33. The quantitative estimate of drug-likeness (QED) is 0.907. The number of hydrogen-bond donors (Lipinski definition) is 2. The predicted molar refractivity (Wildman–Crippen MR) is 75.7 cm³/mol. The number of aromatic hydroxyl groups is 1. The molecule has 0 amide bonds. The van der Waals surface area contributed by atoms with Crippen molar-refractivity contribution in [2.75, 3.05) is 12.8 Å². The average Bonchev–Trinajstić information content (AvgIpc) is 2.70. The summed E-state index contributed by atoms with van der Waals surface area (Å²) in [5, 5.41) is 15.0. The maximum absolute atomic E-state index is 10.2. The molecule has 0 radical (unpaired) electrons. The van der Waals surface area contributed by atoms with Crippen LogP contribution in [0.15, 0.2) is 12.1 Å². The minimum atomic E-state index is -0.0252. The zero-order chi connectivity index (χ0) is 14.2. The number of rotatable bonds is 3. The molecular weight excluding hydrogens is 266 g/mol. The van der Waals surface area contributed by atoms with Crippen molar-refractivity contribution >= 4 is 17.4 Å². The van der Waals surface area contributed by atoms with E-state index in [0.717, 1.165) is 12.0 Å².